The Morgan fingerprint density at radius 1 is 1.28 bits per heavy atom. The molecule has 0 bridgehead atoms. The fraction of sp³-hybridized carbons (Fsp3) is 0.667. The number of nitrogens with zero attached hydrogens (tertiary/aromatic N) is 5. The first-order valence-corrected chi connectivity index (χ1v) is 9.20. The topological polar surface area (TPSA) is 61.8 Å². The largest absolute Gasteiger partial charge is 0.402 e. The van der Waals surface area contributed by atoms with Crippen molar-refractivity contribution in [2.24, 2.45) is 10.9 Å². The Morgan fingerprint density at radius 3 is 2.60 bits per heavy atom. The van der Waals surface area contributed by atoms with Gasteiger partial charge < -0.3 is 0 Å². The lowest BCUT2D eigenvalue weighted by molar-refractivity contribution is -0.677. The number of carbonyl (C=O) groups excluding carboxylic acids is 2. The lowest BCUT2D eigenvalue weighted by atomic mass is 10.1. The van der Waals surface area contributed by atoms with Gasteiger partial charge in [-0.1, -0.05) is 18.8 Å². The zero-order valence-corrected chi connectivity index (χ0v) is 15.4. The van der Waals surface area contributed by atoms with Crippen LogP contribution in [0.2, 0.25) is 0 Å². The standard InChI is InChI=1S/C18H26N5O2/c1-11(2)9-22-16(24)14-15(20(4)18(22)25)19-17-21(14)10-12(3)23(17)13-7-5-6-8-13/h10-11,13-14H,5-9H2,1-4H3/q+1. The number of aliphatic imine (C=N–C) groups is 1. The third-order valence-corrected chi connectivity index (χ3v) is 5.49. The van der Waals surface area contributed by atoms with Crippen LogP contribution in [-0.4, -0.2) is 45.7 Å². The van der Waals surface area contributed by atoms with E-state index in [0.29, 0.717) is 18.4 Å². The molecule has 4 rings (SSSR count). The Bertz CT molecular complexity index is 773. The number of likely N-dealkylation sites (N-methyl/N-ethyl adjacent to an activating group) is 1. The van der Waals surface area contributed by atoms with Crippen molar-refractivity contribution in [3.8, 4) is 0 Å². The van der Waals surface area contributed by atoms with Crippen LogP contribution in [0.25, 0.3) is 0 Å². The van der Waals surface area contributed by atoms with Crippen molar-refractivity contribution in [3.63, 3.8) is 0 Å². The van der Waals surface area contributed by atoms with Crippen LogP contribution in [0.4, 0.5) is 10.7 Å². The smallest absolute Gasteiger partial charge is 0.270 e. The van der Waals surface area contributed by atoms with E-state index in [2.05, 4.69) is 11.5 Å². The number of imide groups is 1. The van der Waals surface area contributed by atoms with Gasteiger partial charge in [-0.2, -0.15) is 0 Å². The van der Waals surface area contributed by atoms with Crippen LogP contribution in [0, 0.1) is 12.8 Å². The van der Waals surface area contributed by atoms with Gasteiger partial charge in [0.2, 0.25) is 11.9 Å². The second kappa shape index (κ2) is 5.68. The number of hydrogen-bond donors (Lipinski definition) is 0. The highest BCUT2D eigenvalue weighted by Crippen LogP contribution is 2.37. The van der Waals surface area contributed by atoms with Crippen molar-refractivity contribution in [3.05, 3.63) is 11.9 Å². The zero-order valence-electron chi connectivity index (χ0n) is 15.4. The van der Waals surface area contributed by atoms with Crippen molar-refractivity contribution in [1.82, 2.24) is 14.4 Å². The molecular formula is C18H26N5O2+. The minimum atomic E-state index is -0.516. The Balaban J connectivity index is 1.77. The summed E-state index contributed by atoms with van der Waals surface area (Å²) < 4.78 is 4.22. The summed E-state index contributed by atoms with van der Waals surface area (Å²) in [4.78, 5) is 33.3. The Labute approximate surface area is 147 Å². The third kappa shape index (κ3) is 2.32. The van der Waals surface area contributed by atoms with Crippen molar-refractivity contribution in [2.75, 3.05) is 13.6 Å². The van der Waals surface area contributed by atoms with Gasteiger partial charge >= 0.3 is 12.0 Å². The van der Waals surface area contributed by atoms with Crippen molar-refractivity contribution < 1.29 is 14.2 Å². The maximum Gasteiger partial charge on any atom is 0.402 e. The van der Waals surface area contributed by atoms with E-state index in [4.69, 9.17) is 4.99 Å². The number of amides is 3. The fourth-order valence-electron chi connectivity index (χ4n) is 4.35. The lowest BCUT2D eigenvalue weighted by Crippen LogP contribution is -2.63. The molecule has 1 unspecified atom stereocenters. The number of hydrogen-bond acceptors (Lipinski definition) is 3. The molecule has 0 aromatic carbocycles. The van der Waals surface area contributed by atoms with E-state index in [9.17, 15) is 9.59 Å². The van der Waals surface area contributed by atoms with E-state index in [1.807, 2.05) is 24.6 Å². The Kier molecular flexibility index (Phi) is 3.70. The molecule has 7 nitrogen and oxygen atoms in total. The number of rotatable bonds is 3. The number of amidine groups is 1. The number of imidazole rings is 1. The summed E-state index contributed by atoms with van der Waals surface area (Å²) in [5, 5.41) is 0. The predicted octanol–water partition coefficient (Wildman–Crippen LogP) is 2.33. The number of aromatic nitrogens is 2. The second-order valence-corrected chi connectivity index (χ2v) is 7.84. The van der Waals surface area contributed by atoms with Crippen molar-refractivity contribution in [2.45, 2.75) is 58.5 Å². The molecule has 0 radical (unpaired) electrons. The minimum Gasteiger partial charge on any atom is -0.270 e. The van der Waals surface area contributed by atoms with Gasteiger partial charge in [-0.25, -0.2) is 13.9 Å². The highest BCUT2D eigenvalue weighted by molar-refractivity contribution is 6.19. The molecule has 3 heterocycles. The van der Waals surface area contributed by atoms with Crippen LogP contribution in [-0.2, 0) is 4.79 Å². The van der Waals surface area contributed by atoms with Crippen molar-refractivity contribution in [1.29, 1.82) is 0 Å². The van der Waals surface area contributed by atoms with E-state index in [0.717, 1.165) is 24.5 Å². The monoisotopic (exact) mass is 344 g/mol. The lowest BCUT2D eigenvalue weighted by Gasteiger charge is -2.33. The van der Waals surface area contributed by atoms with Crippen molar-refractivity contribution >= 4 is 23.7 Å². The highest BCUT2D eigenvalue weighted by Gasteiger charge is 2.53. The molecule has 2 fully saturated rings. The van der Waals surface area contributed by atoms with Gasteiger partial charge in [0.25, 0.3) is 5.91 Å². The SMILES string of the molecule is Cc1c[n+]2c(n1C1CCCC1)N=C1C2C(=O)N(CC(C)C)C(=O)N1C. The van der Waals surface area contributed by atoms with E-state index in [1.165, 1.54) is 22.6 Å². The van der Waals surface area contributed by atoms with Crippen LogP contribution >= 0.6 is 0 Å². The molecule has 2 aliphatic heterocycles. The Morgan fingerprint density at radius 2 is 1.96 bits per heavy atom. The van der Waals surface area contributed by atoms with E-state index in [-0.39, 0.29) is 17.9 Å². The average Bonchev–Trinajstić information content (AvgIpc) is 3.24. The summed E-state index contributed by atoms with van der Waals surface area (Å²) in [6.45, 7) is 6.53. The fourth-order valence-corrected chi connectivity index (χ4v) is 4.35. The first-order valence-electron chi connectivity index (χ1n) is 9.20. The summed E-state index contributed by atoms with van der Waals surface area (Å²) in [5.74, 6) is 1.43. The molecular weight excluding hydrogens is 318 g/mol. The first kappa shape index (κ1) is 16.3. The zero-order chi connectivity index (χ0) is 17.9. The van der Waals surface area contributed by atoms with Gasteiger partial charge in [0, 0.05) is 13.6 Å². The van der Waals surface area contributed by atoms with Gasteiger partial charge in [0.15, 0.2) is 0 Å². The summed E-state index contributed by atoms with van der Waals surface area (Å²) in [5.41, 5.74) is 1.13. The maximum atomic E-state index is 13.1. The molecule has 3 amide bonds. The van der Waals surface area contributed by atoms with Gasteiger partial charge in [-0.15, -0.1) is 0 Å². The van der Waals surface area contributed by atoms with Gasteiger partial charge in [-0.3, -0.25) is 14.6 Å². The van der Waals surface area contributed by atoms with E-state index < -0.39 is 6.04 Å². The molecule has 1 atom stereocenters. The molecule has 0 N–H and O–H groups in total. The number of aryl methyl sites for hydroxylation is 1. The second-order valence-electron chi connectivity index (χ2n) is 7.84. The molecule has 134 valence electrons. The summed E-state index contributed by atoms with van der Waals surface area (Å²) in [7, 11) is 1.72. The molecule has 7 heteroatoms. The van der Waals surface area contributed by atoms with Crippen LogP contribution < -0.4 is 4.57 Å². The average molecular weight is 344 g/mol. The molecule has 1 aromatic heterocycles. The van der Waals surface area contributed by atoms with Gasteiger partial charge in [-0.05, 0) is 38.5 Å². The first-order chi connectivity index (χ1) is 11.9. The van der Waals surface area contributed by atoms with Crippen LogP contribution in [0.1, 0.15) is 57.3 Å². The molecule has 1 saturated heterocycles. The maximum absolute atomic E-state index is 13.1. The molecule has 25 heavy (non-hydrogen) atoms. The van der Waals surface area contributed by atoms with E-state index >= 15 is 0 Å². The summed E-state index contributed by atoms with van der Waals surface area (Å²) >= 11 is 0. The van der Waals surface area contributed by atoms with Gasteiger partial charge in [0.05, 0.1) is 6.04 Å². The summed E-state index contributed by atoms with van der Waals surface area (Å²) in [6, 6.07) is -0.343. The normalized spacial score (nSPS) is 23.6. The molecule has 3 aliphatic rings. The molecule has 1 aliphatic carbocycles. The number of fused-ring (bicyclic) bond motifs is 3. The third-order valence-electron chi connectivity index (χ3n) is 5.49. The minimum absolute atomic E-state index is 0.164. The highest BCUT2D eigenvalue weighted by atomic mass is 16.2. The quantitative estimate of drug-likeness (QED) is 0.790. The van der Waals surface area contributed by atoms with Crippen LogP contribution in [0.3, 0.4) is 0 Å². The van der Waals surface area contributed by atoms with Crippen LogP contribution in [0.5, 0.6) is 0 Å². The van der Waals surface area contributed by atoms with E-state index in [1.54, 1.807) is 7.05 Å². The van der Waals surface area contributed by atoms with Crippen LogP contribution in [0.15, 0.2) is 11.2 Å². The molecule has 1 saturated carbocycles. The predicted molar refractivity (Wildman–Crippen MR) is 92.7 cm³/mol. The molecule has 0 spiro atoms. The Hall–Kier alpha value is -2.18. The summed E-state index contributed by atoms with van der Waals surface area (Å²) in [6.07, 6.45) is 6.80. The molecule has 1 aromatic rings. The number of urea groups is 1. The van der Waals surface area contributed by atoms with Gasteiger partial charge in [0.1, 0.15) is 11.9 Å². The number of carbonyl (C=O) groups is 2.